The fraction of sp³-hybridized carbons (Fsp3) is 0.200. The Balaban J connectivity index is 2.14. The number of likely N-dealkylation sites (tertiary alicyclic amines) is 1. The van der Waals surface area contributed by atoms with Crippen LogP contribution >= 0.6 is 0 Å². The van der Waals surface area contributed by atoms with Crippen molar-refractivity contribution in [1.29, 1.82) is 0 Å². The van der Waals surface area contributed by atoms with E-state index in [1.165, 1.54) is 4.90 Å². The monoisotopic (exact) mass is 337 g/mol. The summed E-state index contributed by atoms with van der Waals surface area (Å²) in [6.45, 7) is 0.162. The lowest BCUT2D eigenvalue weighted by Gasteiger charge is -2.25. The molecule has 2 aromatic carbocycles. The molecule has 5 heteroatoms. The van der Waals surface area contributed by atoms with Gasteiger partial charge in [0.15, 0.2) is 0 Å². The van der Waals surface area contributed by atoms with Crippen molar-refractivity contribution in [2.45, 2.75) is 12.5 Å². The third-order valence-electron chi connectivity index (χ3n) is 4.26. The molecule has 0 saturated carbocycles. The Hall–Kier alpha value is -2.92. The summed E-state index contributed by atoms with van der Waals surface area (Å²) in [7, 11) is 0. The number of aliphatic hydroxyl groups excluding tert-OH is 2. The zero-order valence-corrected chi connectivity index (χ0v) is 13.6. The van der Waals surface area contributed by atoms with Gasteiger partial charge in [0.05, 0.1) is 11.6 Å². The topological polar surface area (TPSA) is 77.8 Å². The molecule has 0 aliphatic carbocycles. The number of amides is 1. The number of carbonyl (C=O) groups excluding carboxylic acids is 2. The molecule has 0 radical (unpaired) electrons. The minimum Gasteiger partial charge on any atom is -0.507 e. The van der Waals surface area contributed by atoms with Gasteiger partial charge in [-0.15, -0.1) is 0 Å². The van der Waals surface area contributed by atoms with Gasteiger partial charge < -0.3 is 15.1 Å². The molecule has 1 amide bonds. The molecule has 2 aromatic rings. The molecule has 2 N–H and O–H groups in total. The molecule has 25 heavy (non-hydrogen) atoms. The van der Waals surface area contributed by atoms with E-state index in [1.807, 2.05) is 36.4 Å². The average Bonchev–Trinajstić information content (AvgIpc) is 2.91. The number of Topliss-reactive ketones (excluding diaryl/α,β-unsaturated/α-hetero) is 1. The minimum atomic E-state index is -0.701. The van der Waals surface area contributed by atoms with Gasteiger partial charge in [0, 0.05) is 18.7 Å². The molecule has 1 heterocycles. The summed E-state index contributed by atoms with van der Waals surface area (Å²) in [5.74, 6) is -1.53. The Morgan fingerprint density at radius 2 is 1.56 bits per heavy atom. The van der Waals surface area contributed by atoms with Gasteiger partial charge in [-0.3, -0.25) is 9.59 Å². The number of benzene rings is 2. The number of rotatable bonds is 5. The molecule has 5 nitrogen and oxygen atoms in total. The molecular formula is C20H19NO4. The first-order valence-corrected chi connectivity index (χ1v) is 8.14. The lowest BCUT2D eigenvalue weighted by Crippen LogP contribution is -2.31. The van der Waals surface area contributed by atoms with E-state index in [1.54, 1.807) is 24.3 Å². The summed E-state index contributed by atoms with van der Waals surface area (Å²) in [5, 5.41) is 19.8. The first kappa shape index (κ1) is 16.9. The summed E-state index contributed by atoms with van der Waals surface area (Å²) in [5.41, 5.74) is 1.32. The molecule has 128 valence electrons. The van der Waals surface area contributed by atoms with E-state index in [0.717, 1.165) is 5.56 Å². The maximum Gasteiger partial charge on any atom is 0.295 e. The third-order valence-corrected chi connectivity index (χ3v) is 4.26. The molecule has 1 fully saturated rings. The quantitative estimate of drug-likeness (QED) is 0.499. The summed E-state index contributed by atoms with van der Waals surface area (Å²) in [6, 6.07) is 17.2. The van der Waals surface area contributed by atoms with Crippen LogP contribution in [0.4, 0.5) is 0 Å². The molecule has 1 aliphatic rings. The van der Waals surface area contributed by atoms with Crippen molar-refractivity contribution in [3.05, 3.63) is 77.4 Å². The van der Waals surface area contributed by atoms with Crippen LogP contribution in [0, 0.1) is 0 Å². The number of hydrogen-bond donors (Lipinski definition) is 2. The predicted octanol–water partition coefficient (Wildman–Crippen LogP) is 2.49. The average molecular weight is 337 g/mol. The Morgan fingerprint density at radius 1 is 0.960 bits per heavy atom. The zero-order chi connectivity index (χ0) is 17.8. The fourth-order valence-corrected chi connectivity index (χ4v) is 3.09. The lowest BCUT2D eigenvalue weighted by molar-refractivity contribution is -0.140. The molecule has 1 saturated heterocycles. The van der Waals surface area contributed by atoms with Gasteiger partial charge in [-0.25, -0.2) is 0 Å². The molecule has 0 aromatic heterocycles. The van der Waals surface area contributed by atoms with E-state index < -0.39 is 17.7 Å². The van der Waals surface area contributed by atoms with Crippen LogP contribution in [-0.2, 0) is 9.59 Å². The summed E-state index contributed by atoms with van der Waals surface area (Å²) < 4.78 is 0. The SMILES string of the molecule is O=C1C(=O)N(CCCO)[C@@H](c2ccccc2)C1=C(O)c1ccccc1. The van der Waals surface area contributed by atoms with Crippen LogP contribution in [0.1, 0.15) is 23.6 Å². The number of aliphatic hydroxyl groups is 2. The van der Waals surface area contributed by atoms with E-state index in [-0.39, 0.29) is 24.5 Å². The van der Waals surface area contributed by atoms with E-state index >= 15 is 0 Å². The van der Waals surface area contributed by atoms with Crippen molar-refractivity contribution < 1.29 is 19.8 Å². The van der Waals surface area contributed by atoms with E-state index in [4.69, 9.17) is 5.11 Å². The van der Waals surface area contributed by atoms with E-state index in [2.05, 4.69) is 0 Å². The van der Waals surface area contributed by atoms with Gasteiger partial charge in [0.1, 0.15) is 5.76 Å². The van der Waals surface area contributed by atoms with Crippen LogP contribution in [0.5, 0.6) is 0 Å². The predicted molar refractivity (Wildman–Crippen MR) is 93.6 cm³/mol. The Bertz CT molecular complexity index is 799. The summed E-state index contributed by atoms with van der Waals surface area (Å²) >= 11 is 0. The van der Waals surface area contributed by atoms with Crippen LogP contribution < -0.4 is 0 Å². The second-order valence-electron chi connectivity index (χ2n) is 5.85. The normalized spacial score (nSPS) is 19.4. The number of hydrogen-bond acceptors (Lipinski definition) is 4. The van der Waals surface area contributed by atoms with Gasteiger partial charge in [-0.2, -0.15) is 0 Å². The van der Waals surface area contributed by atoms with Crippen LogP contribution in [0.25, 0.3) is 5.76 Å². The molecule has 0 bridgehead atoms. The van der Waals surface area contributed by atoms with Gasteiger partial charge >= 0.3 is 0 Å². The standard InChI is InChI=1S/C20H19NO4/c22-13-7-12-21-17(14-8-3-1-4-9-14)16(19(24)20(21)25)18(23)15-10-5-2-6-11-15/h1-6,8-11,17,22-23H,7,12-13H2/t17-/m0/s1. The van der Waals surface area contributed by atoms with Gasteiger partial charge in [0.2, 0.25) is 0 Å². The minimum absolute atomic E-state index is 0.0802. The molecule has 0 spiro atoms. The van der Waals surface area contributed by atoms with E-state index in [9.17, 15) is 14.7 Å². The smallest absolute Gasteiger partial charge is 0.295 e. The first-order chi connectivity index (χ1) is 12.1. The van der Waals surface area contributed by atoms with Gasteiger partial charge in [-0.05, 0) is 12.0 Å². The highest BCUT2D eigenvalue weighted by molar-refractivity contribution is 6.46. The Labute approximate surface area is 145 Å². The summed E-state index contributed by atoms with van der Waals surface area (Å²) in [4.78, 5) is 26.5. The fourth-order valence-electron chi connectivity index (χ4n) is 3.09. The first-order valence-electron chi connectivity index (χ1n) is 8.14. The summed E-state index contributed by atoms with van der Waals surface area (Å²) in [6.07, 6.45) is 0.363. The maximum absolute atomic E-state index is 12.6. The van der Waals surface area contributed by atoms with Crippen molar-refractivity contribution in [1.82, 2.24) is 4.90 Å². The van der Waals surface area contributed by atoms with Crippen molar-refractivity contribution >= 4 is 17.4 Å². The van der Waals surface area contributed by atoms with Crippen molar-refractivity contribution in [2.75, 3.05) is 13.2 Å². The third kappa shape index (κ3) is 3.19. The lowest BCUT2D eigenvalue weighted by atomic mass is 9.95. The second-order valence-corrected chi connectivity index (χ2v) is 5.85. The Morgan fingerprint density at radius 3 is 2.16 bits per heavy atom. The van der Waals surface area contributed by atoms with E-state index in [0.29, 0.717) is 12.0 Å². The highest BCUT2D eigenvalue weighted by atomic mass is 16.3. The van der Waals surface area contributed by atoms with Crippen molar-refractivity contribution in [3.8, 4) is 0 Å². The Kier molecular flexibility index (Phi) is 4.95. The van der Waals surface area contributed by atoms with Crippen LogP contribution in [-0.4, -0.2) is 40.0 Å². The van der Waals surface area contributed by atoms with Crippen LogP contribution in [0.3, 0.4) is 0 Å². The molecule has 0 unspecified atom stereocenters. The van der Waals surface area contributed by atoms with Crippen molar-refractivity contribution in [2.24, 2.45) is 0 Å². The highest BCUT2D eigenvalue weighted by Gasteiger charge is 2.45. The largest absolute Gasteiger partial charge is 0.507 e. The number of nitrogens with zero attached hydrogens (tertiary/aromatic N) is 1. The van der Waals surface area contributed by atoms with Crippen molar-refractivity contribution in [3.63, 3.8) is 0 Å². The molecule has 1 atom stereocenters. The number of ketones is 1. The second kappa shape index (κ2) is 7.32. The molecule has 3 rings (SSSR count). The van der Waals surface area contributed by atoms with Crippen LogP contribution in [0.2, 0.25) is 0 Å². The van der Waals surface area contributed by atoms with Crippen LogP contribution in [0.15, 0.2) is 66.2 Å². The molecule has 1 aliphatic heterocycles. The van der Waals surface area contributed by atoms with Gasteiger partial charge in [-0.1, -0.05) is 60.7 Å². The number of carbonyl (C=O) groups is 2. The molecular weight excluding hydrogens is 318 g/mol. The maximum atomic E-state index is 12.6. The highest BCUT2D eigenvalue weighted by Crippen LogP contribution is 2.39. The van der Waals surface area contributed by atoms with Gasteiger partial charge in [0.25, 0.3) is 11.7 Å². The zero-order valence-electron chi connectivity index (χ0n) is 13.6.